The summed E-state index contributed by atoms with van der Waals surface area (Å²) in [6, 6.07) is 1.74. The first-order valence-corrected chi connectivity index (χ1v) is 4.41. The van der Waals surface area contributed by atoms with Gasteiger partial charge in [-0.25, -0.2) is 4.79 Å². The van der Waals surface area contributed by atoms with E-state index in [-0.39, 0.29) is 0 Å². The minimum atomic E-state index is -0.872. The summed E-state index contributed by atoms with van der Waals surface area (Å²) in [6.45, 7) is 3.72. The molecule has 0 aliphatic carbocycles. The quantitative estimate of drug-likeness (QED) is 0.767. The maximum Gasteiger partial charge on any atom is 0.331 e. The average Bonchev–Trinajstić information content (AvgIpc) is 2.60. The van der Waals surface area contributed by atoms with E-state index >= 15 is 0 Å². The van der Waals surface area contributed by atoms with Gasteiger partial charge in [0.15, 0.2) is 5.54 Å². The third kappa shape index (κ3) is 1.43. The van der Waals surface area contributed by atoms with Crippen molar-refractivity contribution in [2.75, 3.05) is 0 Å². The zero-order valence-corrected chi connectivity index (χ0v) is 7.90. The number of carbonyl (C=O) groups is 1. The number of rotatable bonds is 4. The molecule has 1 heterocycles. The van der Waals surface area contributed by atoms with Gasteiger partial charge in [-0.1, -0.05) is 13.8 Å². The Kier molecular flexibility index (Phi) is 2.70. The second-order valence-corrected chi connectivity index (χ2v) is 2.99. The summed E-state index contributed by atoms with van der Waals surface area (Å²) in [4.78, 5) is 11.1. The molecule has 0 atom stereocenters. The molecule has 0 aliphatic rings. The van der Waals surface area contributed by atoms with Crippen LogP contribution in [0.3, 0.4) is 0 Å². The predicted molar refractivity (Wildman–Crippen MR) is 48.4 cm³/mol. The van der Waals surface area contributed by atoms with E-state index < -0.39 is 11.5 Å². The fourth-order valence-electron chi connectivity index (χ4n) is 1.50. The number of carboxylic acid groups (broad SMARTS) is 1. The smallest absolute Gasteiger partial charge is 0.331 e. The number of carboxylic acids is 1. The molecule has 0 bridgehead atoms. The largest absolute Gasteiger partial charge is 0.479 e. The Morgan fingerprint density at radius 1 is 1.54 bits per heavy atom. The van der Waals surface area contributed by atoms with Crippen LogP contribution >= 0.6 is 0 Å². The molecule has 1 aromatic rings. The Labute approximate surface area is 77.2 Å². The summed E-state index contributed by atoms with van der Waals surface area (Å²) in [5.74, 6) is -0.818. The maximum absolute atomic E-state index is 11.1. The van der Waals surface area contributed by atoms with E-state index in [4.69, 9.17) is 5.11 Å². The van der Waals surface area contributed by atoms with Gasteiger partial charge >= 0.3 is 5.97 Å². The molecule has 0 aliphatic heterocycles. The van der Waals surface area contributed by atoms with E-state index in [1.165, 1.54) is 4.68 Å². The Morgan fingerprint density at radius 3 is 2.46 bits per heavy atom. The maximum atomic E-state index is 11.1. The number of hydrogen-bond acceptors (Lipinski definition) is 2. The number of nitrogens with zero attached hydrogens (tertiary/aromatic N) is 2. The SMILES string of the molecule is CCC(CC)(C(=O)O)n1cccn1. The van der Waals surface area contributed by atoms with Crippen LogP contribution in [0, 0.1) is 0 Å². The monoisotopic (exact) mass is 182 g/mol. The van der Waals surface area contributed by atoms with E-state index in [0.717, 1.165) is 0 Å². The highest BCUT2D eigenvalue weighted by Crippen LogP contribution is 2.24. The molecule has 0 aromatic carbocycles. The second-order valence-electron chi connectivity index (χ2n) is 2.99. The van der Waals surface area contributed by atoms with Crippen molar-refractivity contribution in [3.8, 4) is 0 Å². The Hall–Kier alpha value is -1.32. The van der Waals surface area contributed by atoms with Gasteiger partial charge in [0.05, 0.1) is 0 Å². The van der Waals surface area contributed by atoms with Crippen molar-refractivity contribution in [1.82, 2.24) is 9.78 Å². The molecule has 0 spiro atoms. The van der Waals surface area contributed by atoms with Crippen LogP contribution in [0.5, 0.6) is 0 Å². The van der Waals surface area contributed by atoms with E-state index in [1.807, 2.05) is 13.8 Å². The summed E-state index contributed by atoms with van der Waals surface area (Å²) in [5, 5.41) is 13.1. The predicted octanol–water partition coefficient (Wildman–Crippen LogP) is 1.48. The van der Waals surface area contributed by atoms with Crippen LogP contribution in [0.1, 0.15) is 26.7 Å². The summed E-state index contributed by atoms with van der Waals surface area (Å²) < 4.78 is 1.52. The van der Waals surface area contributed by atoms with Gasteiger partial charge in [-0.3, -0.25) is 4.68 Å². The summed E-state index contributed by atoms with van der Waals surface area (Å²) in [6.07, 6.45) is 4.38. The summed E-state index contributed by atoms with van der Waals surface area (Å²) >= 11 is 0. The first-order chi connectivity index (χ1) is 6.17. The highest BCUT2D eigenvalue weighted by Gasteiger charge is 2.37. The minimum absolute atomic E-state index is 0.542. The molecule has 0 amide bonds. The highest BCUT2D eigenvalue weighted by molar-refractivity contribution is 5.76. The Balaban J connectivity index is 3.11. The molecule has 0 radical (unpaired) electrons. The fourth-order valence-corrected chi connectivity index (χ4v) is 1.50. The molecule has 4 nitrogen and oxygen atoms in total. The van der Waals surface area contributed by atoms with Gasteiger partial charge in [0.25, 0.3) is 0 Å². The molecule has 0 unspecified atom stereocenters. The van der Waals surface area contributed by atoms with E-state index in [0.29, 0.717) is 12.8 Å². The van der Waals surface area contributed by atoms with Gasteiger partial charge in [0.1, 0.15) is 0 Å². The van der Waals surface area contributed by atoms with Crippen LogP contribution in [0.2, 0.25) is 0 Å². The summed E-state index contributed by atoms with van der Waals surface area (Å²) in [7, 11) is 0. The average molecular weight is 182 g/mol. The van der Waals surface area contributed by atoms with E-state index in [2.05, 4.69) is 5.10 Å². The van der Waals surface area contributed by atoms with Gasteiger partial charge in [0.2, 0.25) is 0 Å². The van der Waals surface area contributed by atoms with Crippen LogP contribution in [-0.4, -0.2) is 20.9 Å². The highest BCUT2D eigenvalue weighted by atomic mass is 16.4. The van der Waals surface area contributed by atoms with Gasteiger partial charge in [-0.2, -0.15) is 5.10 Å². The van der Waals surface area contributed by atoms with Crippen molar-refractivity contribution in [2.45, 2.75) is 32.2 Å². The Bertz CT molecular complexity index is 276. The molecule has 72 valence electrons. The van der Waals surface area contributed by atoms with Gasteiger partial charge in [0, 0.05) is 12.4 Å². The molecule has 1 aromatic heterocycles. The molecule has 4 heteroatoms. The molecule has 0 fully saturated rings. The molecule has 0 saturated heterocycles. The molecular formula is C9H14N2O2. The van der Waals surface area contributed by atoms with Crippen molar-refractivity contribution in [1.29, 1.82) is 0 Å². The van der Waals surface area contributed by atoms with Crippen molar-refractivity contribution in [2.24, 2.45) is 0 Å². The lowest BCUT2D eigenvalue weighted by Gasteiger charge is -2.26. The van der Waals surface area contributed by atoms with Crippen molar-refractivity contribution in [3.63, 3.8) is 0 Å². The molecule has 1 rings (SSSR count). The first kappa shape index (κ1) is 9.77. The molecule has 13 heavy (non-hydrogen) atoms. The van der Waals surface area contributed by atoms with E-state index in [1.54, 1.807) is 18.5 Å². The molecule has 0 saturated carbocycles. The van der Waals surface area contributed by atoms with Gasteiger partial charge in [-0.15, -0.1) is 0 Å². The third-order valence-electron chi connectivity index (χ3n) is 2.51. The van der Waals surface area contributed by atoms with Crippen LogP contribution in [-0.2, 0) is 10.3 Å². The minimum Gasteiger partial charge on any atom is -0.479 e. The van der Waals surface area contributed by atoms with Crippen LogP contribution in [0.15, 0.2) is 18.5 Å². The number of hydrogen-bond donors (Lipinski definition) is 1. The third-order valence-corrected chi connectivity index (χ3v) is 2.51. The fraction of sp³-hybridized carbons (Fsp3) is 0.556. The van der Waals surface area contributed by atoms with Gasteiger partial charge < -0.3 is 5.11 Å². The van der Waals surface area contributed by atoms with Crippen LogP contribution in [0.4, 0.5) is 0 Å². The standard InChI is InChI=1S/C9H14N2O2/c1-3-9(4-2,8(12)13)11-7-5-6-10-11/h5-7H,3-4H2,1-2H3,(H,12,13). The topological polar surface area (TPSA) is 55.1 Å². The zero-order valence-electron chi connectivity index (χ0n) is 7.90. The number of aliphatic carboxylic acids is 1. The first-order valence-electron chi connectivity index (χ1n) is 4.41. The normalized spacial score (nSPS) is 11.5. The van der Waals surface area contributed by atoms with Crippen molar-refractivity contribution >= 4 is 5.97 Å². The molecule has 1 N–H and O–H groups in total. The lowest BCUT2D eigenvalue weighted by Crippen LogP contribution is -2.41. The molecular weight excluding hydrogens is 168 g/mol. The lowest BCUT2D eigenvalue weighted by molar-refractivity contribution is -0.148. The zero-order chi connectivity index (χ0) is 9.90. The van der Waals surface area contributed by atoms with Gasteiger partial charge in [-0.05, 0) is 18.9 Å². The van der Waals surface area contributed by atoms with Crippen molar-refractivity contribution in [3.05, 3.63) is 18.5 Å². The van der Waals surface area contributed by atoms with E-state index in [9.17, 15) is 4.79 Å². The Morgan fingerprint density at radius 2 is 2.15 bits per heavy atom. The second kappa shape index (κ2) is 3.60. The van der Waals surface area contributed by atoms with Crippen LogP contribution in [0.25, 0.3) is 0 Å². The summed E-state index contributed by atoms with van der Waals surface area (Å²) in [5.41, 5.74) is -0.872. The lowest BCUT2D eigenvalue weighted by atomic mass is 9.93. The van der Waals surface area contributed by atoms with Crippen LogP contribution < -0.4 is 0 Å². The number of aromatic nitrogens is 2. The van der Waals surface area contributed by atoms with Crippen molar-refractivity contribution < 1.29 is 9.90 Å².